The van der Waals surface area contributed by atoms with Crippen LogP contribution in [-0.2, 0) is 14.3 Å². The summed E-state index contributed by atoms with van der Waals surface area (Å²) < 4.78 is 5.75. The van der Waals surface area contributed by atoms with Crippen molar-refractivity contribution in [3.63, 3.8) is 0 Å². The van der Waals surface area contributed by atoms with Crippen LogP contribution in [-0.4, -0.2) is 52.7 Å². The third-order valence-corrected chi connectivity index (χ3v) is 5.72. The summed E-state index contributed by atoms with van der Waals surface area (Å²) in [5, 5.41) is 13.0. The highest BCUT2D eigenvalue weighted by Gasteiger charge is 2.45. The monoisotopic (exact) mass is 374 g/mol. The second-order valence-electron chi connectivity index (χ2n) is 7.97. The van der Waals surface area contributed by atoms with Crippen molar-refractivity contribution in [3.05, 3.63) is 35.9 Å². The molecule has 2 N–H and O–H groups in total. The van der Waals surface area contributed by atoms with E-state index in [1.807, 2.05) is 44.2 Å². The summed E-state index contributed by atoms with van der Waals surface area (Å²) >= 11 is 0. The molecule has 1 saturated heterocycles. The molecule has 0 unspecified atom stereocenters. The van der Waals surface area contributed by atoms with Gasteiger partial charge in [-0.05, 0) is 32.3 Å². The fourth-order valence-electron chi connectivity index (χ4n) is 4.33. The molecule has 1 aromatic rings. The molecule has 6 nitrogen and oxygen atoms in total. The number of carbonyl (C=O) groups excluding carboxylic acids is 2. The van der Waals surface area contributed by atoms with Crippen LogP contribution in [0.15, 0.2) is 30.3 Å². The van der Waals surface area contributed by atoms with Crippen LogP contribution < -0.4 is 5.32 Å². The number of aliphatic hydroxyl groups is 1. The van der Waals surface area contributed by atoms with E-state index in [0.717, 1.165) is 37.7 Å². The number of carbonyl (C=O) groups is 2. The molecule has 2 atom stereocenters. The number of hydrogen-bond acceptors (Lipinski definition) is 4. The molecular formula is C21H30N2O4. The minimum absolute atomic E-state index is 0.0524. The third kappa shape index (κ3) is 4.17. The van der Waals surface area contributed by atoms with E-state index >= 15 is 0 Å². The van der Waals surface area contributed by atoms with Gasteiger partial charge in [0.05, 0.1) is 18.2 Å². The fraction of sp³-hybridized carbons (Fsp3) is 0.619. The predicted octanol–water partition coefficient (Wildman–Crippen LogP) is 2.17. The van der Waals surface area contributed by atoms with E-state index in [9.17, 15) is 14.7 Å². The van der Waals surface area contributed by atoms with Crippen molar-refractivity contribution in [2.45, 2.75) is 69.7 Å². The number of amides is 2. The van der Waals surface area contributed by atoms with Gasteiger partial charge in [-0.1, -0.05) is 49.6 Å². The van der Waals surface area contributed by atoms with Crippen LogP contribution in [0.25, 0.3) is 0 Å². The molecule has 3 rings (SSSR count). The first kappa shape index (κ1) is 19.8. The molecule has 2 aliphatic rings. The lowest BCUT2D eigenvalue weighted by Crippen LogP contribution is -2.61. The number of aliphatic hydroxyl groups excluding tert-OH is 1. The van der Waals surface area contributed by atoms with Crippen LogP contribution in [0.1, 0.15) is 57.6 Å². The van der Waals surface area contributed by atoms with Crippen LogP contribution in [0.5, 0.6) is 0 Å². The van der Waals surface area contributed by atoms with Crippen LogP contribution in [0, 0.1) is 0 Å². The molecule has 2 fully saturated rings. The number of nitrogens with one attached hydrogen (secondary N) is 1. The summed E-state index contributed by atoms with van der Waals surface area (Å²) in [5.74, 6) is -0.365. The topological polar surface area (TPSA) is 78.9 Å². The van der Waals surface area contributed by atoms with Crippen molar-refractivity contribution in [2.75, 3.05) is 13.2 Å². The number of ether oxygens (including phenoxy) is 1. The molecule has 1 aliphatic heterocycles. The Balaban J connectivity index is 1.89. The van der Waals surface area contributed by atoms with Gasteiger partial charge in [-0.2, -0.15) is 0 Å². The Bertz CT molecular complexity index is 655. The molecule has 1 saturated carbocycles. The fourth-order valence-corrected chi connectivity index (χ4v) is 4.33. The Morgan fingerprint density at radius 1 is 1.26 bits per heavy atom. The zero-order valence-corrected chi connectivity index (χ0v) is 16.2. The highest BCUT2D eigenvalue weighted by Crippen LogP contribution is 2.34. The standard InChI is InChI=1S/C21H30N2O4/c1-15(2)23-17(25)13-27-19(18(23)16-9-5-3-6-10-16)20(26)22-21(14-24)11-7-4-8-12-21/h3,5-6,9-10,15,18-19,24H,4,7-8,11-14H2,1-2H3,(H,22,26)/t18-,19+/m1/s1. The highest BCUT2D eigenvalue weighted by atomic mass is 16.5. The number of rotatable bonds is 5. The molecular weight excluding hydrogens is 344 g/mol. The van der Waals surface area contributed by atoms with Gasteiger partial charge in [-0.15, -0.1) is 0 Å². The third-order valence-electron chi connectivity index (χ3n) is 5.72. The van der Waals surface area contributed by atoms with Crippen LogP contribution in [0.4, 0.5) is 0 Å². The Kier molecular flexibility index (Phi) is 6.17. The van der Waals surface area contributed by atoms with E-state index in [1.165, 1.54) is 0 Å². The Morgan fingerprint density at radius 3 is 2.52 bits per heavy atom. The van der Waals surface area contributed by atoms with E-state index in [2.05, 4.69) is 5.32 Å². The molecule has 2 amide bonds. The second-order valence-corrected chi connectivity index (χ2v) is 7.97. The van der Waals surface area contributed by atoms with Gasteiger partial charge >= 0.3 is 0 Å². The van der Waals surface area contributed by atoms with Gasteiger partial charge in [-0.3, -0.25) is 9.59 Å². The number of benzene rings is 1. The van der Waals surface area contributed by atoms with Crippen molar-refractivity contribution in [1.29, 1.82) is 0 Å². The zero-order chi connectivity index (χ0) is 19.4. The molecule has 0 spiro atoms. The average Bonchev–Trinajstić information content (AvgIpc) is 2.68. The van der Waals surface area contributed by atoms with Crippen molar-refractivity contribution in [3.8, 4) is 0 Å². The van der Waals surface area contributed by atoms with Gasteiger partial charge in [0.1, 0.15) is 6.61 Å². The molecule has 1 aliphatic carbocycles. The maximum atomic E-state index is 13.2. The van der Waals surface area contributed by atoms with Crippen molar-refractivity contribution >= 4 is 11.8 Å². The molecule has 148 valence electrons. The van der Waals surface area contributed by atoms with Crippen LogP contribution in [0.2, 0.25) is 0 Å². The van der Waals surface area contributed by atoms with E-state index in [1.54, 1.807) is 4.90 Å². The van der Waals surface area contributed by atoms with Gasteiger partial charge < -0.3 is 20.1 Å². The summed E-state index contributed by atoms with van der Waals surface area (Å²) in [6.07, 6.45) is 3.85. The number of hydrogen-bond donors (Lipinski definition) is 2. The summed E-state index contributed by atoms with van der Waals surface area (Å²) in [5.41, 5.74) is 0.297. The first-order valence-corrected chi connectivity index (χ1v) is 9.88. The molecule has 1 aromatic carbocycles. The van der Waals surface area contributed by atoms with Crippen LogP contribution in [0.3, 0.4) is 0 Å². The van der Waals surface area contributed by atoms with Gasteiger partial charge in [0, 0.05) is 6.04 Å². The van der Waals surface area contributed by atoms with Gasteiger partial charge in [0.25, 0.3) is 5.91 Å². The molecule has 1 heterocycles. The zero-order valence-electron chi connectivity index (χ0n) is 16.2. The van der Waals surface area contributed by atoms with Gasteiger partial charge in [0.15, 0.2) is 6.10 Å². The quantitative estimate of drug-likeness (QED) is 0.828. The first-order chi connectivity index (χ1) is 13.0. The minimum atomic E-state index is -0.794. The lowest BCUT2D eigenvalue weighted by Gasteiger charge is -2.44. The lowest BCUT2D eigenvalue weighted by molar-refractivity contribution is -0.168. The summed E-state index contributed by atoms with van der Waals surface area (Å²) in [6.45, 7) is 3.72. The Morgan fingerprint density at radius 2 is 1.93 bits per heavy atom. The lowest BCUT2D eigenvalue weighted by atomic mass is 9.82. The smallest absolute Gasteiger partial charge is 0.252 e. The van der Waals surface area contributed by atoms with Crippen molar-refractivity contribution in [2.24, 2.45) is 0 Å². The summed E-state index contributed by atoms with van der Waals surface area (Å²) in [4.78, 5) is 27.5. The van der Waals surface area contributed by atoms with Gasteiger partial charge in [-0.25, -0.2) is 0 Å². The number of morpholine rings is 1. The highest BCUT2D eigenvalue weighted by molar-refractivity contribution is 5.87. The van der Waals surface area contributed by atoms with E-state index in [4.69, 9.17) is 4.74 Å². The maximum absolute atomic E-state index is 13.2. The van der Waals surface area contributed by atoms with E-state index in [0.29, 0.717) is 0 Å². The molecule has 6 heteroatoms. The summed E-state index contributed by atoms with van der Waals surface area (Å²) in [7, 11) is 0. The van der Waals surface area contributed by atoms with Crippen molar-refractivity contribution in [1.82, 2.24) is 10.2 Å². The Hall–Kier alpha value is -1.92. The maximum Gasteiger partial charge on any atom is 0.252 e. The normalized spacial score (nSPS) is 25.5. The van der Waals surface area contributed by atoms with E-state index in [-0.39, 0.29) is 31.1 Å². The van der Waals surface area contributed by atoms with Crippen molar-refractivity contribution < 1.29 is 19.4 Å². The minimum Gasteiger partial charge on any atom is -0.394 e. The molecule has 0 radical (unpaired) electrons. The second kappa shape index (κ2) is 8.40. The first-order valence-electron chi connectivity index (χ1n) is 9.88. The SMILES string of the molecule is CC(C)N1C(=O)CO[C@H](C(=O)NC2(CO)CCCCC2)[C@H]1c1ccccc1. The van der Waals surface area contributed by atoms with Gasteiger partial charge in [0.2, 0.25) is 5.91 Å². The van der Waals surface area contributed by atoms with Crippen LogP contribution >= 0.6 is 0 Å². The number of nitrogens with zero attached hydrogens (tertiary/aromatic N) is 1. The molecule has 27 heavy (non-hydrogen) atoms. The molecule has 0 aromatic heterocycles. The molecule has 0 bridgehead atoms. The average molecular weight is 374 g/mol. The summed E-state index contributed by atoms with van der Waals surface area (Å²) in [6, 6.07) is 9.02. The Labute approximate surface area is 160 Å². The largest absolute Gasteiger partial charge is 0.394 e. The van der Waals surface area contributed by atoms with E-state index < -0.39 is 17.7 Å². The predicted molar refractivity (Wildman–Crippen MR) is 102 cm³/mol.